The normalized spacial score (nSPS) is 9.67. The Kier molecular flexibility index (Phi) is 5.51. The summed E-state index contributed by atoms with van der Waals surface area (Å²) in [6.07, 6.45) is 2.05. The lowest BCUT2D eigenvalue weighted by atomic mass is 10.4. The van der Waals surface area contributed by atoms with Gasteiger partial charge in [0.2, 0.25) is 0 Å². The van der Waals surface area contributed by atoms with Gasteiger partial charge < -0.3 is 9.80 Å². The van der Waals surface area contributed by atoms with Gasteiger partial charge in [-0.25, -0.2) is 4.79 Å². The first-order valence-electron chi connectivity index (χ1n) is 4.59. The van der Waals surface area contributed by atoms with E-state index in [-0.39, 0.29) is 6.03 Å². The molecule has 0 aromatic heterocycles. The van der Waals surface area contributed by atoms with E-state index >= 15 is 0 Å². The quantitative estimate of drug-likeness (QED) is 0.634. The molecule has 0 unspecified atom stereocenters. The molecule has 0 fully saturated rings. The Morgan fingerprint density at radius 1 is 1.08 bits per heavy atom. The van der Waals surface area contributed by atoms with Crippen LogP contribution in [-0.4, -0.2) is 43.0 Å². The Bertz CT molecular complexity index is 128. The molecule has 0 rings (SSSR count). The van der Waals surface area contributed by atoms with Crippen molar-refractivity contribution in [3.63, 3.8) is 0 Å². The molecule has 0 aliphatic rings. The summed E-state index contributed by atoms with van der Waals surface area (Å²) >= 11 is 0. The first-order valence-corrected chi connectivity index (χ1v) is 4.59. The predicted octanol–water partition coefficient (Wildman–Crippen LogP) is 1.79. The minimum atomic E-state index is 0.124. The van der Waals surface area contributed by atoms with E-state index < -0.39 is 0 Å². The summed E-state index contributed by atoms with van der Waals surface area (Å²) < 4.78 is 0. The minimum Gasteiger partial charge on any atom is -0.331 e. The van der Waals surface area contributed by atoms with Crippen LogP contribution in [0.5, 0.6) is 0 Å². The van der Waals surface area contributed by atoms with Gasteiger partial charge in [-0.15, -0.1) is 0 Å². The van der Waals surface area contributed by atoms with Crippen LogP contribution in [0.4, 0.5) is 4.79 Å². The largest absolute Gasteiger partial charge is 0.331 e. The second kappa shape index (κ2) is 5.86. The molecule has 0 saturated heterocycles. The van der Waals surface area contributed by atoms with Gasteiger partial charge in [-0.3, -0.25) is 0 Å². The van der Waals surface area contributed by atoms with Crippen molar-refractivity contribution in [2.75, 3.05) is 27.2 Å². The van der Waals surface area contributed by atoms with Gasteiger partial charge in [0.15, 0.2) is 0 Å². The second-order valence-electron chi connectivity index (χ2n) is 3.16. The number of amides is 2. The number of urea groups is 1. The summed E-state index contributed by atoms with van der Waals surface area (Å²) in [5.74, 6) is 0. The van der Waals surface area contributed by atoms with Gasteiger partial charge in [0.1, 0.15) is 0 Å². The Morgan fingerprint density at radius 2 is 1.50 bits per heavy atom. The topological polar surface area (TPSA) is 23.6 Å². The smallest absolute Gasteiger partial charge is 0.319 e. The van der Waals surface area contributed by atoms with Crippen LogP contribution in [-0.2, 0) is 0 Å². The fraction of sp³-hybridized carbons (Fsp3) is 0.889. The van der Waals surface area contributed by atoms with Crippen molar-refractivity contribution in [2.45, 2.75) is 26.7 Å². The maximum Gasteiger partial charge on any atom is 0.319 e. The molecule has 12 heavy (non-hydrogen) atoms. The Hall–Kier alpha value is -0.730. The molecule has 0 heterocycles. The third-order valence-electron chi connectivity index (χ3n) is 1.64. The molecule has 0 atom stereocenters. The summed E-state index contributed by atoms with van der Waals surface area (Å²) in [6, 6.07) is 0.124. The first-order chi connectivity index (χ1) is 5.63. The van der Waals surface area contributed by atoms with E-state index in [1.54, 1.807) is 19.0 Å². The van der Waals surface area contributed by atoms with Gasteiger partial charge in [-0.2, -0.15) is 0 Å². The number of nitrogens with zero attached hydrogens (tertiary/aromatic N) is 2. The molecule has 0 radical (unpaired) electrons. The third kappa shape index (κ3) is 3.60. The fourth-order valence-corrected chi connectivity index (χ4v) is 1.13. The van der Waals surface area contributed by atoms with Gasteiger partial charge in [0, 0.05) is 27.2 Å². The van der Waals surface area contributed by atoms with Crippen molar-refractivity contribution in [1.29, 1.82) is 0 Å². The molecule has 0 saturated carbocycles. The number of carbonyl (C=O) groups is 1. The number of carbonyl (C=O) groups excluding carboxylic acids is 1. The summed E-state index contributed by atoms with van der Waals surface area (Å²) in [4.78, 5) is 15.0. The third-order valence-corrected chi connectivity index (χ3v) is 1.64. The molecular weight excluding hydrogens is 152 g/mol. The highest BCUT2D eigenvalue weighted by Crippen LogP contribution is 1.98. The summed E-state index contributed by atoms with van der Waals surface area (Å²) in [7, 11) is 3.58. The fourth-order valence-electron chi connectivity index (χ4n) is 1.13. The van der Waals surface area contributed by atoms with Crippen molar-refractivity contribution in [3.05, 3.63) is 0 Å². The Balaban J connectivity index is 3.99. The van der Waals surface area contributed by atoms with Gasteiger partial charge >= 0.3 is 6.03 Å². The van der Waals surface area contributed by atoms with Crippen molar-refractivity contribution >= 4 is 6.03 Å². The second-order valence-corrected chi connectivity index (χ2v) is 3.16. The van der Waals surface area contributed by atoms with Gasteiger partial charge in [-0.1, -0.05) is 13.8 Å². The Morgan fingerprint density at radius 3 is 1.75 bits per heavy atom. The highest BCUT2D eigenvalue weighted by Gasteiger charge is 2.12. The van der Waals surface area contributed by atoms with Gasteiger partial charge in [-0.05, 0) is 12.8 Å². The standard InChI is InChI=1S/C9H20N2O/c1-5-7-11(8-6-2)9(12)10(3)4/h5-8H2,1-4H3. The number of hydrogen-bond donors (Lipinski definition) is 0. The van der Waals surface area contributed by atoms with Crippen LogP contribution in [0, 0.1) is 0 Å². The molecule has 0 aromatic rings. The average molecular weight is 172 g/mol. The molecule has 0 aliphatic carbocycles. The van der Waals surface area contributed by atoms with Crippen LogP contribution in [0.3, 0.4) is 0 Å². The SMILES string of the molecule is CCCN(CCC)C(=O)N(C)C. The van der Waals surface area contributed by atoms with Crippen LogP contribution < -0.4 is 0 Å². The highest BCUT2D eigenvalue weighted by molar-refractivity contribution is 5.73. The molecule has 2 amide bonds. The van der Waals surface area contributed by atoms with Crippen LogP contribution >= 0.6 is 0 Å². The van der Waals surface area contributed by atoms with Crippen molar-refractivity contribution < 1.29 is 4.79 Å². The lowest BCUT2D eigenvalue weighted by Gasteiger charge is -2.25. The molecule has 0 bridgehead atoms. The van der Waals surface area contributed by atoms with E-state index in [4.69, 9.17) is 0 Å². The molecule has 72 valence electrons. The summed E-state index contributed by atoms with van der Waals surface area (Å²) in [6.45, 7) is 5.91. The van der Waals surface area contributed by atoms with Crippen LogP contribution in [0.15, 0.2) is 0 Å². The zero-order chi connectivity index (χ0) is 9.56. The maximum absolute atomic E-state index is 11.5. The molecule has 0 aliphatic heterocycles. The van der Waals surface area contributed by atoms with E-state index in [1.165, 1.54) is 0 Å². The molecule has 0 spiro atoms. The number of rotatable bonds is 4. The number of hydrogen-bond acceptors (Lipinski definition) is 1. The van der Waals surface area contributed by atoms with Gasteiger partial charge in [0.05, 0.1) is 0 Å². The molecular formula is C9H20N2O. The molecule has 3 nitrogen and oxygen atoms in total. The first kappa shape index (κ1) is 11.3. The lowest BCUT2D eigenvalue weighted by molar-refractivity contribution is 0.171. The van der Waals surface area contributed by atoms with Crippen LogP contribution in [0.2, 0.25) is 0 Å². The van der Waals surface area contributed by atoms with Crippen LogP contribution in [0.1, 0.15) is 26.7 Å². The van der Waals surface area contributed by atoms with Crippen molar-refractivity contribution in [2.24, 2.45) is 0 Å². The predicted molar refractivity (Wildman–Crippen MR) is 51.2 cm³/mol. The highest BCUT2D eigenvalue weighted by atomic mass is 16.2. The lowest BCUT2D eigenvalue weighted by Crippen LogP contribution is -2.40. The molecule has 0 N–H and O–H groups in total. The van der Waals surface area contributed by atoms with Crippen molar-refractivity contribution in [1.82, 2.24) is 9.80 Å². The van der Waals surface area contributed by atoms with Crippen LogP contribution in [0.25, 0.3) is 0 Å². The minimum absolute atomic E-state index is 0.124. The average Bonchev–Trinajstić information content (AvgIpc) is 2.03. The summed E-state index contributed by atoms with van der Waals surface area (Å²) in [5, 5.41) is 0. The van der Waals surface area contributed by atoms with E-state index in [1.807, 2.05) is 4.90 Å². The van der Waals surface area contributed by atoms with Gasteiger partial charge in [0.25, 0.3) is 0 Å². The zero-order valence-electron chi connectivity index (χ0n) is 8.63. The van der Waals surface area contributed by atoms with E-state index in [2.05, 4.69) is 13.8 Å². The summed E-state index contributed by atoms with van der Waals surface area (Å²) in [5.41, 5.74) is 0. The molecule has 3 heteroatoms. The van der Waals surface area contributed by atoms with Crippen molar-refractivity contribution in [3.8, 4) is 0 Å². The van der Waals surface area contributed by atoms with E-state index in [0.717, 1.165) is 25.9 Å². The molecule has 0 aromatic carbocycles. The maximum atomic E-state index is 11.5. The zero-order valence-corrected chi connectivity index (χ0v) is 8.63. The van der Waals surface area contributed by atoms with E-state index in [0.29, 0.717) is 0 Å². The van der Waals surface area contributed by atoms with E-state index in [9.17, 15) is 4.79 Å². The Labute approximate surface area is 75.3 Å². The monoisotopic (exact) mass is 172 g/mol.